The lowest BCUT2D eigenvalue weighted by molar-refractivity contribution is -0.140. The molecule has 1 aliphatic rings. The Labute approximate surface area is 144 Å². The molecule has 0 aliphatic carbocycles. The molecule has 3 aromatic rings. The monoisotopic (exact) mass is 332 g/mol. The Balaban J connectivity index is 1.51. The number of carbonyl (C=O) groups excluding carboxylic acids is 1. The largest absolute Gasteiger partial charge is 0.488 e. The van der Waals surface area contributed by atoms with Crippen LogP contribution in [-0.4, -0.2) is 22.5 Å². The molecule has 4 rings (SSSR count). The normalized spacial score (nSPS) is 12.9. The number of fused-ring (bicyclic) bond motifs is 2. The van der Waals surface area contributed by atoms with E-state index < -0.39 is 5.97 Å². The van der Waals surface area contributed by atoms with Gasteiger partial charge < -0.3 is 9.47 Å². The first-order chi connectivity index (χ1) is 12.2. The number of esters is 1. The summed E-state index contributed by atoms with van der Waals surface area (Å²) in [7, 11) is 0. The Morgan fingerprint density at radius 2 is 1.80 bits per heavy atom. The molecule has 0 spiro atoms. The number of rotatable bonds is 3. The Kier molecular flexibility index (Phi) is 3.90. The average Bonchev–Trinajstić information content (AvgIpc) is 2.65. The highest BCUT2D eigenvalue weighted by Crippen LogP contribution is 2.26. The van der Waals surface area contributed by atoms with Crippen molar-refractivity contribution in [3.05, 3.63) is 71.1 Å². The van der Waals surface area contributed by atoms with Gasteiger partial charge in [-0.05, 0) is 31.2 Å². The number of hydrogen-bond acceptors (Lipinski definition) is 5. The Morgan fingerprint density at radius 3 is 2.64 bits per heavy atom. The van der Waals surface area contributed by atoms with Crippen LogP contribution in [0.3, 0.4) is 0 Å². The van der Waals surface area contributed by atoms with Crippen LogP contribution in [0.1, 0.15) is 17.0 Å². The van der Waals surface area contributed by atoms with E-state index in [-0.39, 0.29) is 13.2 Å². The number of aromatic nitrogens is 2. The molecule has 124 valence electrons. The molecule has 0 atom stereocenters. The van der Waals surface area contributed by atoms with Gasteiger partial charge in [-0.1, -0.05) is 30.3 Å². The van der Waals surface area contributed by atoms with Crippen LogP contribution in [0, 0.1) is 6.92 Å². The van der Waals surface area contributed by atoms with Gasteiger partial charge in [0.05, 0.1) is 28.0 Å². The highest BCUT2D eigenvalue weighted by molar-refractivity contribution is 5.95. The fourth-order valence-electron chi connectivity index (χ4n) is 2.72. The van der Waals surface area contributed by atoms with Crippen molar-refractivity contribution in [2.24, 2.45) is 0 Å². The van der Waals surface area contributed by atoms with E-state index in [2.05, 4.69) is 9.97 Å². The quantitative estimate of drug-likeness (QED) is 0.687. The van der Waals surface area contributed by atoms with Crippen LogP contribution in [-0.2, 0) is 16.1 Å². The van der Waals surface area contributed by atoms with Crippen LogP contribution in [0.5, 0.6) is 5.75 Å². The molecule has 0 fully saturated rings. The van der Waals surface area contributed by atoms with E-state index >= 15 is 0 Å². The van der Waals surface area contributed by atoms with E-state index in [0.29, 0.717) is 11.3 Å². The van der Waals surface area contributed by atoms with Crippen LogP contribution in [0.15, 0.2) is 54.1 Å². The van der Waals surface area contributed by atoms with Gasteiger partial charge in [-0.2, -0.15) is 0 Å². The summed E-state index contributed by atoms with van der Waals surface area (Å²) in [6.07, 6.45) is 1.81. The van der Waals surface area contributed by atoms with Crippen LogP contribution < -0.4 is 4.74 Å². The number of benzene rings is 2. The van der Waals surface area contributed by atoms with Gasteiger partial charge in [0.25, 0.3) is 0 Å². The van der Waals surface area contributed by atoms with E-state index in [9.17, 15) is 4.79 Å². The zero-order chi connectivity index (χ0) is 17.2. The van der Waals surface area contributed by atoms with Gasteiger partial charge in [0.15, 0.2) is 0 Å². The first-order valence-electron chi connectivity index (χ1n) is 8.02. The van der Waals surface area contributed by atoms with E-state index in [4.69, 9.17) is 9.47 Å². The second kappa shape index (κ2) is 6.36. The molecule has 0 radical (unpaired) electrons. The lowest BCUT2D eigenvalue weighted by atomic mass is 10.1. The molecule has 0 amide bonds. The second-order valence-corrected chi connectivity index (χ2v) is 5.82. The maximum Gasteiger partial charge on any atom is 0.337 e. The van der Waals surface area contributed by atoms with E-state index in [1.165, 1.54) is 0 Å². The Hall–Kier alpha value is -3.21. The topological polar surface area (TPSA) is 61.3 Å². The van der Waals surface area contributed by atoms with Gasteiger partial charge in [-0.15, -0.1) is 0 Å². The SMILES string of the molecule is Cc1nc2ccccc2nc1COC(=O)C1=Cc2ccccc2OC1. The van der Waals surface area contributed by atoms with E-state index in [1.807, 2.05) is 55.5 Å². The maximum atomic E-state index is 12.3. The summed E-state index contributed by atoms with van der Waals surface area (Å²) in [4.78, 5) is 21.4. The van der Waals surface area contributed by atoms with Crippen molar-refractivity contribution in [3.8, 4) is 5.75 Å². The summed E-state index contributed by atoms with van der Waals surface area (Å²) in [5.41, 5.74) is 4.39. The minimum absolute atomic E-state index is 0.0848. The van der Waals surface area contributed by atoms with Crippen LogP contribution in [0.25, 0.3) is 17.1 Å². The average molecular weight is 332 g/mol. The number of carbonyl (C=O) groups is 1. The van der Waals surface area contributed by atoms with Gasteiger partial charge >= 0.3 is 5.97 Å². The number of nitrogens with zero attached hydrogens (tertiary/aromatic N) is 2. The first kappa shape index (κ1) is 15.3. The molecule has 2 heterocycles. The highest BCUT2D eigenvalue weighted by Gasteiger charge is 2.19. The smallest absolute Gasteiger partial charge is 0.337 e. The van der Waals surface area contributed by atoms with E-state index in [0.717, 1.165) is 28.0 Å². The molecule has 5 nitrogen and oxygen atoms in total. The fraction of sp³-hybridized carbons (Fsp3) is 0.150. The van der Waals surface area contributed by atoms with Crippen LogP contribution >= 0.6 is 0 Å². The molecular formula is C20H16N2O3. The number of ether oxygens (including phenoxy) is 2. The zero-order valence-corrected chi connectivity index (χ0v) is 13.7. The van der Waals surface area contributed by atoms with Crippen LogP contribution in [0.2, 0.25) is 0 Å². The number of hydrogen-bond donors (Lipinski definition) is 0. The lowest BCUT2D eigenvalue weighted by Gasteiger charge is -2.17. The van der Waals surface area contributed by atoms with Crippen molar-refractivity contribution in [2.75, 3.05) is 6.61 Å². The van der Waals surface area contributed by atoms with E-state index in [1.54, 1.807) is 6.08 Å². The van der Waals surface area contributed by atoms with Crippen molar-refractivity contribution in [1.29, 1.82) is 0 Å². The van der Waals surface area contributed by atoms with Gasteiger partial charge in [0, 0.05) is 5.56 Å². The third-order valence-corrected chi connectivity index (χ3v) is 4.08. The molecule has 25 heavy (non-hydrogen) atoms. The molecule has 2 aromatic carbocycles. The minimum atomic E-state index is -0.399. The predicted octanol–water partition coefficient (Wildman–Crippen LogP) is 3.46. The molecular weight excluding hydrogens is 316 g/mol. The minimum Gasteiger partial charge on any atom is -0.488 e. The maximum absolute atomic E-state index is 12.3. The van der Waals surface area contributed by atoms with Crippen molar-refractivity contribution < 1.29 is 14.3 Å². The van der Waals surface area contributed by atoms with Crippen molar-refractivity contribution in [2.45, 2.75) is 13.5 Å². The van der Waals surface area contributed by atoms with Crippen molar-refractivity contribution >= 4 is 23.1 Å². The third-order valence-electron chi connectivity index (χ3n) is 4.08. The van der Waals surface area contributed by atoms with Crippen molar-refractivity contribution in [3.63, 3.8) is 0 Å². The highest BCUT2D eigenvalue weighted by atomic mass is 16.5. The molecule has 1 aromatic heterocycles. The van der Waals surface area contributed by atoms with Gasteiger partial charge in [-0.25, -0.2) is 14.8 Å². The standard InChI is InChI=1S/C20H16N2O3/c1-13-18(22-17-8-4-3-7-16(17)21-13)12-25-20(23)15-10-14-6-2-5-9-19(14)24-11-15/h2-10H,11-12H2,1H3. The first-order valence-corrected chi connectivity index (χ1v) is 8.02. The number of para-hydroxylation sites is 3. The summed E-state index contributed by atoms with van der Waals surface area (Å²) < 4.78 is 11.0. The summed E-state index contributed by atoms with van der Waals surface area (Å²) in [6, 6.07) is 15.2. The van der Waals surface area contributed by atoms with Gasteiger partial charge in [0.1, 0.15) is 19.0 Å². The molecule has 5 heteroatoms. The predicted molar refractivity (Wildman–Crippen MR) is 94.0 cm³/mol. The van der Waals surface area contributed by atoms with Crippen LogP contribution in [0.4, 0.5) is 0 Å². The lowest BCUT2D eigenvalue weighted by Crippen LogP contribution is -2.17. The fourth-order valence-corrected chi connectivity index (χ4v) is 2.72. The third kappa shape index (κ3) is 3.08. The van der Waals surface area contributed by atoms with Gasteiger partial charge in [-0.3, -0.25) is 0 Å². The summed E-state index contributed by atoms with van der Waals surface area (Å²) in [5.74, 6) is 0.374. The van der Waals surface area contributed by atoms with Crippen molar-refractivity contribution in [1.82, 2.24) is 9.97 Å². The summed E-state index contributed by atoms with van der Waals surface area (Å²) in [5, 5.41) is 0. The molecule has 0 saturated carbocycles. The summed E-state index contributed by atoms with van der Waals surface area (Å²) >= 11 is 0. The summed E-state index contributed by atoms with van der Waals surface area (Å²) in [6.45, 7) is 2.15. The number of aryl methyl sites for hydroxylation is 1. The Morgan fingerprint density at radius 1 is 1.08 bits per heavy atom. The Bertz CT molecular complexity index is 995. The molecule has 0 N–H and O–H groups in total. The molecule has 0 saturated heterocycles. The second-order valence-electron chi connectivity index (χ2n) is 5.82. The zero-order valence-electron chi connectivity index (χ0n) is 13.7. The molecule has 1 aliphatic heterocycles. The molecule has 0 unspecified atom stereocenters. The molecule has 0 bridgehead atoms. The van der Waals surface area contributed by atoms with Gasteiger partial charge in [0.2, 0.25) is 0 Å².